The van der Waals surface area contributed by atoms with Crippen LogP contribution in [0.25, 0.3) is 0 Å². The highest BCUT2D eigenvalue weighted by atomic mass is 16.6. The van der Waals surface area contributed by atoms with E-state index in [9.17, 15) is 24.6 Å². The molecule has 11 nitrogen and oxygen atoms in total. The summed E-state index contributed by atoms with van der Waals surface area (Å²) < 4.78 is 16.6. The number of carbonyl (C=O) groups is 3. The van der Waals surface area contributed by atoms with Crippen LogP contribution in [0, 0.1) is 11.8 Å². The molecule has 1 heterocycles. The number of nitrogens with one attached hydrogen (secondary N) is 2. The van der Waals surface area contributed by atoms with Crippen LogP contribution in [-0.2, 0) is 30.2 Å². The van der Waals surface area contributed by atoms with Gasteiger partial charge in [-0.2, -0.15) is 0 Å². The molecule has 0 saturated carbocycles. The Morgan fingerprint density at radius 3 is 2.41 bits per heavy atom. The third kappa shape index (κ3) is 9.73. The standard InChI is InChI=1S/C30H43N3O8/c1-16-11-21-14-22(15-23(27(21)36)32-20(5)34)33-29(37)17(2)9-8-10-24(39-6)28(41-30(31)38)19(4)13-18(3)26(35)25(12-16)40-7/h8-10,13-16,18,24-26,28,35-36H,11-12H2,1-7H3,(H2,31,38)(H,32,34)(H,33,37). The molecule has 0 aromatic heterocycles. The molecule has 41 heavy (non-hydrogen) atoms. The van der Waals surface area contributed by atoms with Gasteiger partial charge >= 0.3 is 6.09 Å². The monoisotopic (exact) mass is 573 g/mol. The predicted octanol–water partition coefficient (Wildman–Crippen LogP) is 3.81. The summed E-state index contributed by atoms with van der Waals surface area (Å²) in [6, 6.07) is 3.14. The topological polar surface area (TPSA) is 169 Å². The Labute approximate surface area is 241 Å². The number of carbonyl (C=O) groups excluding carboxylic acids is 3. The van der Waals surface area contributed by atoms with Crippen LogP contribution >= 0.6 is 0 Å². The van der Waals surface area contributed by atoms with Gasteiger partial charge in [-0.3, -0.25) is 9.59 Å². The molecular formula is C30H43N3O8. The van der Waals surface area contributed by atoms with Gasteiger partial charge < -0.3 is 40.8 Å². The van der Waals surface area contributed by atoms with E-state index >= 15 is 0 Å². The Hall–Kier alpha value is -3.67. The first-order valence-corrected chi connectivity index (χ1v) is 13.4. The van der Waals surface area contributed by atoms with E-state index in [0.717, 1.165) is 0 Å². The highest BCUT2D eigenvalue weighted by molar-refractivity contribution is 6.04. The van der Waals surface area contributed by atoms with Crippen LogP contribution in [0.5, 0.6) is 5.75 Å². The van der Waals surface area contributed by atoms with Crippen molar-refractivity contribution < 1.29 is 38.8 Å². The Balaban J connectivity index is 2.62. The van der Waals surface area contributed by atoms with Crippen molar-refractivity contribution in [1.82, 2.24) is 0 Å². The molecule has 2 bridgehead atoms. The van der Waals surface area contributed by atoms with E-state index in [1.165, 1.54) is 27.2 Å². The third-order valence-electron chi connectivity index (χ3n) is 6.98. The molecule has 0 spiro atoms. The highest BCUT2D eigenvalue weighted by Crippen LogP contribution is 2.35. The van der Waals surface area contributed by atoms with Crippen molar-refractivity contribution in [3.63, 3.8) is 0 Å². The van der Waals surface area contributed by atoms with E-state index in [0.29, 0.717) is 35.2 Å². The van der Waals surface area contributed by atoms with E-state index in [1.54, 1.807) is 44.2 Å². The number of aromatic hydroxyl groups is 1. The molecule has 0 aliphatic carbocycles. The van der Waals surface area contributed by atoms with E-state index < -0.39 is 42.3 Å². The molecular weight excluding hydrogens is 530 g/mol. The van der Waals surface area contributed by atoms with Crippen LogP contribution < -0.4 is 16.4 Å². The number of primary amides is 1. The first-order chi connectivity index (χ1) is 19.3. The summed E-state index contributed by atoms with van der Waals surface area (Å²) in [5.74, 6) is -1.36. The van der Waals surface area contributed by atoms with Gasteiger partial charge in [-0.05, 0) is 55.9 Å². The molecule has 0 radical (unpaired) electrons. The van der Waals surface area contributed by atoms with Gasteiger partial charge in [-0.15, -0.1) is 0 Å². The molecule has 6 atom stereocenters. The average molecular weight is 574 g/mol. The van der Waals surface area contributed by atoms with Crippen LogP contribution in [0.15, 0.2) is 47.6 Å². The lowest BCUT2D eigenvalue weighted by Crippen LogP contribution is -2.37. The van der Waals surface area contributed by atoms with Crippen LogP contribution in [-0.4, -0.2) is 66.8 Å². The fraction of sp³-hybridized carbons (Fsp3) is 0.500. The van der Waals surface area contributed by atoms with E-state index in [2.05, 4.69) is 10.6 Å². The van der Waals surface area contributed by atoms with Gasteiger partial charge in [0.2, 0.25) is 5.91 Å². The van der Waals surface area contributed by atoms with Crippen molar-refractivity contribution in [2.75, 3.05) is 24.9 Å². The second-order valence-electron chi connectivity index (χ2n) is 10.5. The fourth-order valence-electron chi connectivity index (χ4n) is 4.85. The molecule has 1 aromatic carbocycles. The first kappa shape index (κ1) is 33.5. The van der Waals surface area contributed by atoms with Crippen molar-refractivity contribution in [2.45, 2.75) is 71.9 Å². The molecule has 11 heteroatoms. The van der Waals surface area contributed by atoms with Crippen LogP contribution in [0.4, 0.5) is 16.2 Å². The van der Waals surface area contributed by atoms with Gasteiger partial charge in [0.25, 0.3) is 5.91 Å². The molecule has 1 aliphatic rings. The zero-order valence-electron chi connectivity index (χ0n) is 24.8. The van der Waals surface area contributed by atoms with Crippen molar-refractivity contribution >= 4 is 29.3 Å². The molecule has 6 N–H and O–H groups in total. The van der Waals surface area contributed by atoms with Crippen LogP contribution in [0.2, 0.25) is 0 Å². The average Bonchev–Trinajstić information content (AvgIpc) is 2.89. The van der Waals surface area contributed by atoms with Crippen molar-refractivity contribution in [2.24, 2.45) is 17.6 Å². The number of methoxy groups -OCH3 is 2. The quantitative estimate of drug-likeness (QED) is 0.206. The van der Waals surface area contributed by atoms with E-state index in [-0.39, 0.29) is 23.3 Å². The van der Waals surface area contributed by atoms with Gasteiger partial charge in [-0.25, -0.2) is 4.79 Å². The summed E-state index contributed by atoms with van der Waals surface area (Å²) in [5.41, 5.74) is 7.38. The number of benzene rings is 1. The molecule has 0 fully saturated rings. The lowest BCUT2D eigenvalue weighted by atomic mass is 9.88. The molecule has 3 amide bonds. The number of nitrogens with two attached hydrogens (primary N) is 1. The second-order valence-corrected chi connectivity index (χ2v) is 10.5. The normalized spacial score (nSPS) is 26.4. The smallest absolute Gasteiger partial charge is 0.405 e. The third-order valence-corrected chi connectivity index (χ3v) is 6.98. The zero-order chi connectivity index (χ0) is 30.9. The lowest BCUT2D eigenvalue weighted by molar-refractivity contribution is -0.114. The van der Waals surface area contributed by atoms with Gasteiger partial charge in [-0.1, -0.05) is 38.2 Å². The Morgan fingerprint density at radius 2 is 1.83 bits per heavy atom. The SMILES string of the molecule is COC1C=CC=C(C)C(=O)Nc2cc(c(O)c(NC(C)=O)c2)CC(C)CC(OC)C(O)C(C)C=C(C)C1OC(N)=O. The Morgan fingerprint density at radius 1 is 1.15 bits per heavy atom. The van der Waals surface area contributed by atoms with Crippen molar-refractivity contribution in [1.29, 1.82) is 0 Å². The number of rotatable bonds is 4. The zero-order valence-corrected chi connectivity index (χ0v) is 24.8. The fourth-order valence-corrected chi connectivity index (χ4v) is 4.85. The number of phenolic OH excluding ortho intramolecular Hbond substituents is 1. The molecule has 2 rings (SSSR count). The number of aliphatic hydroxyl groups excluding tert-OH is 1. The maximum atomic E-state index is 13.0. The number of hydrogen-bond acceptors (Lipinski definition) is 8. The Bertz CT molecular complexity index is 1190. The number of aliphatic hydroxyl groups is 1. The number of amides is 3. The predicted molar refractivity (Wildman–Crippen MR) is 156 cm³/mol. The summed E-state index contributed by atoms with van der Waals surface area (Å²) in [6.07, 6.45) is 3.32. The summed E-state index contributed by atoms with van der Waals surface area (Å²) in [4.78, 5) is 36.5. The number of hydrogen-bond donors (Lipinski definition) is 5. The minimum absolute atomic E-state index is 0.0781. The molecule has 226 valence electrons. The largest absolute Gasteiger partial charge is 0.505 e. The molecule has 6 unspecified atom stereocenters. The number of allylic oxidation sites excluding steroid dienone is 2. The first-order valence-electron chi connectivity index (χ1n) is 13.4. The van der Waals surface area contributed by atoms with Crippen molar-refractivity contribution in [3.8, 4) is 5.75 Å². The molecule has 1 aromatic rings. The molecule has 1 aliphatic heterocycles. The number of fused-ring (bicyclic) bond motifs is 2. The minimum Gasteiger partial charge on any atom is -0.505 e. The van der Waals surface area contributed by atoms with E-state index in [1.807, 2.05) is 13.8 Å². The summed E-state index contributed by atoms with van der Waals surface area (Å²) >= 11 is 0. The number of ether oxygens (including phenoxy) is 3. The van der Waals surface area contributed by atoms with Crippen molar-refractivity contribution in [3.05, 3.63) is 53.1 Å². The molecule has 0 saturated heterocycles. The summed E-state index contributed by atoms with van der Waals surface area (Å²) in [5, 5.41) is 27.5. The number of phenols is 1. The maximum Gasteiger partial charge on any atom is 0.405 e. The number of anilines is 2. The van der Waals surface area contributed by atoms with E-state index in [4.69, 9.17) is 19.9 Å². The van der Waals surface area contributed by atoms with Gasteiger partial charge in [0, 0.05) is 38.3 Å². The van der Waals surface area contributed by atoms with Gasteiger partial charge in [0.05, 0.1) is 17.9 Å². The van der Waals surface area contributed by atoms with Crippen LogP contribution in [0.1, 0.15) is 46.6 Å². The highest BCUT2D eigenvalue weighted by Gasteiger charge is 2.29. The second kappa shape index (κ2) is 15.4. The minimum atomic E-state index is -0.983. The van der Waals surface area contributed by atoms with Gasteiger partial charge in [0.1, 0.15) is 11.9 Å². The van der Waals surface area contributed by atoms with Gasteiger partial charge in [0.15, 0.2) is 6.10 Å². The summed E-state index contributed by atoms with van der Waals surface area (Å²) in [6.45, 7) is 8.48. The maximum absolute atomic E-state index is 13.0. The Kier molecular flexibility index (Phi) is 12.6. The summed E-state index contributed by atoms with van der Waals surface area (Å²) in [7, 11) is 2.97. The van der Waals surface area contributed by atoms with Crippen LogP contribution in [0.3, 0.4) is 0 Å². The lowest BCUT2D eigenvalue weighted by Gasteiger charge is -2.29.